The monoisotopic (exact) mass is 280 g/mol. The number of nitrogens with zero attached hydrogens (tertiary/aromatic N) is 1. The highest BCUT2D eigenvalue weighted by Gasteiger charge is 2.40. The van der Waals surface area contributed by atoms with E-state index in [1.807, 2.05) is 0 Å². The maximum absolute atomic E-state index is 4.63. The summed E-state index contributed by atoms with van der Waals surface area (Å²) in [6.07, 6.45) is 5.89. The Labute approximate surface area is 127 Å². The lowest BCUT2D eigenvalue weighted by Gasteiger charge is -2.17. The summed E-state index contributed by atoms with van der Waals surface area (Å²) in [6.45, 7) is 4.26. The molecule has 0 aliphatic heterocycles. The van der Waals surface area contributed by atoms with E-state index < -0.39 is 0 Å². The predicted octanol–water partition coefficient (Wildman–Crippen LogP) is 4.07. The third kappa shape index (κ3) is 2.96. The fourth-order valence-electron chi connectivity index (χ4n) is 3.68. The predicted molar refractivity (Wildman–Crippen MR) is 87.1 cm³/mol. The molecular weight excluding hydrogens is 256 g/mol. The molecule has 2 aliphatic rings. The van der Waals surface area contributed by atoms with Crippen LogP contribution in [0.25, 0.3) is 10.9 Å². The van der Waals surface area contributed by atoms with Crippen LogP contribution in [0.4, 0.5) is 0 Å². The van der Waals surface area contributed by atoms with Crippen LogP contribution in [0.1, 0.15) is 36.9 Å². The Bertz CT molecular complexity index is 629. The molecule has 110 valence electrons. The van der Waals surface area contributed by atoms with Crippen molar-refractivity contribution in [2.24, 2.45) is 17.8 Å². The van der Waals surface area contributed by atoms with E-state index in [0.29, 0.717) is 0 Å². The van der Waals surface area contributed by atoms with Crippen molar-refractivity contribution in [3.05, 3.63) is 41.6 Å². The molecule has 0 amide bonds. The smallest absolute Gasteiger partial charge is 0.0708 e. The summed E-state index contributed by atoms with van der Waals surface area (Å²) in [5.74, 6) is 3.00. The SMILES string of the molecule is Cc1cc(CNCC(C2CC2)C2CC2)c2ccccc2n1. The maximum atomic E-state index is 4.63. The van der Waals surface area contributed by atoms with E-state index in [1.54, 1.807) is 0 Å². The van der Waals surface area contributed by atoms with Gasteiger partial charge in [-0.15, -0.1) is 0 Å². The third-order valence-electron chi connectivity index (χ3n) is 5.08. The quantitative estimate of drug-likeness (QED) is 0.863. The number of para-hydroxylation sites is 1. The molecule has 2 nitrogen and oxygen atoms in total. The molecule has 2 heteroatoms. The average Bonchev–Trinajstić information content (AvgIpc) is 3.37. The van der Waals surface area contributed by atoms with Crippen LogP contribution in [-0.4, -0.2) is 11.5 Å². The number of fused-ring (bicyclic) bond motifs is 1. The van der Waals surface area contributed by atoms with Crippen LogP contribution in [0.5, 0.6) is 0 Å². The molecule has 21 heavy (non-hydrogen) atoms. The molecule has 1 N–H and O–H groups in total. The van der Waals surface area contributed by atoms with Crippen molar-refractivity contribution in [2.75, 3.05) is 6.54 Å². The van der Waals surface area contributed by atoms with Gasteiger partial charge in [-0.05, 0) is 74.6 Å². The van der Waals surface area contributed by atoms with Gasteiger partial charge in [0.2, 0.25) is 0 Å². The minimum atomic E-state index is 0.944. The van der Waals surface area contributed by atoms with Crippen molar-refractivity contribution in [1.82, 2.24) is 10.3 Å². The van der Waals surface area contributed by atoms with Crippen LogP contribution in [0.2, 0.25) is 0 Å². The maximum Gasteiger partial charge on any atom is 0.0708 e. The zero-order valence-electron chi connectivity index (χ0n) is 12.8. The van der Waals surface area contributed by atoms with E-state index in [1.165, 1.54) is 43.2 Å². The lowest BCUT2D eigenvalue weighted by Crippen LogP contribution is -2.25. The molecule has 0 atom stereocenters. The number of hydrogen-bond donors (Lipinski definition) is 1. The molecular formula is C19H24N2. The Hall–Kier alpha value is -1.41. The summed E-state index contributed by atoms with van der Waals surface area (Å²) in [6, 6.07) is 10.7. The molecule has 2 aliphatic carbocycles. The Morgan fingerprint density at radius 1 is 1.14 bits per heavy atom. The van der Waals surface area contributed by atoms with Crippen LogP contribution in [-0.2, 0) is 6.54 Å². The van der Waals surface area contributed by atoms with Gasteiger partial charge in [-0.1, -0.05) is 18.2 Å². The van der Waals surface area contributed by atoms with E-state index >= 15 is 0 Å². The lowest BCUT2D eigenvalue weighted by atomic mass is 9.98. The standard InChI is InChI=1S/C19H24N2/c1-13-10-16(17-4-2-3-5-19(17)21-13)11-20-12-18(14-6-7-14)15-8-9-15/h2-5,10,14-15,18,20H,6-9,11-12H2,1H3. The van der Waals surface area contributed by atoms with E-state index in [0.717, 1.165) is 35.5 Å². The van der Waals surface area contributed by atoms with Gasteiger partial charge in [0.15, 0.2) is 0 Å². The normalized spacial score (nSPS) is 18.6. The lowest BCUT2D eigenvalue weighted by molar-refractivity contribution is 0.379. The van der Waals surface area contributed by atoms with Gasteiger partial charge < -0.3 is 5.32 Å². The zero-order valence-corrected chi connectivity index (χ0v) is 12.8. The fourth-order valence-corrected chi connectivity index (χ4v) is 3.68. The number of hydrogen-bond acceptors (Lipinski definition) is 2. The second-order valence-electron chi connectivity index (χ2n) is 6.91. The Kier molecular flexibility index (Phi) is 3.42. The number of pyridine rings is 1. The first-order chi connectivity index (χ1) is 10.3. The van der Waals surface area contributed by atoms with Gasteiger partial charge in [0.05, 0.1) is 5.52 Å². The summed E-state index contributed by atoms with van der Waals surface area (Å²) in [4.78, 5) is 4.63. The van der Waals surface area contributed by atoms with E-state index in [2.05, 4.69) is 47.6 Å². The molecule has 0 unspecified atom stereocenters. The van der Waals surface area contributed by atoms with E-state index in [4.69, 9.17) is 0 Å². The Balaban J connectivity index is 1.46. The molecule has 0 bridgehead atoms. The Morgan fingerprint density at radius 2 is 1.86 bits per heavy atom. The molecule has 0 saturated heterocycles. The molecule has 1 aromatic carbocycles. The molecule has 2 fully saturated rings. The highest BCUT2D eigenvalue weighted by molar-refractivity contribution is 5.82. The number of benzene rings is 1. The van der Waals surface area contributed by atoms with Crippen LogP contribution in [0, 0.1) is 24.7 Å². The topological polar surface area (TPSA) is 24.9 Å². The van der Waals surface area contributed by atoms with Crippen molar-refractivity contribution in [1.29, 1.82) is 0 Å². The van der Waals surface area contributed by atoms with Crippen molar-refractivity contribution in [2.45, 2.75) is 39.2 Å². The third-order valence-corrected chi connectivity index (χ3v) is 5.08. The van der Waals surface area contributed by atoms with Gasteiger partial charge in [-0.2, -0.15) is 0 Å². The number of rotatable bonds is 6. The molecule has 1 aromatic heterocycles. The summed E-state index contributed by atoms with van der Waals surface area (Å²) < 4.78 is 0. The number of aryl methyl sites for hydroxylation is 1. The highest BCUT2D eigenvalue weighted by Crippen LogP contribution is 2.48. The first-order valence-electron chi connectivity index (χ1n) is 8.37. The van der Waals surface area contributed by atoms with Gasteiger partial charge >= 0.3 is 0 Å². The summed E-state index contributed by atoms with van der Waals surface area (Å²) >= 11 is 0. The second-order valence-corrected chi connectivity index (χ2v) is 6.91. The molecule has 4 rings (SSSR count). The molecule has 2 aromatic rings. The average molecular weight is 280 g/mol. The van der Waals surface area contributed by atoms with Crippen molar-refractivity contribution in [3.63, 3.8) is 0 Å². The van der Waals surface area contributed by atoms with Crippen LogP contribution in [0.15, 0.2) is 30.3 Å². The summed E-state index contributed by atoms with van der Waals surface area (Å²) in [5.41, 5.74) is 3.63. The first-order valence-corrected chi connectivity index (χ1v) is 8.37. The summed E-state index contributed by atoms with van der Waals surface area (Å²) in [7, 11) is 0. The highest BCUT2D eigenvalue weighted by atomic mass is 14.9. The van der Waals surface area contributed by atoms with Crippen molar-refractivity contribution >= 4 is 10.9 Å². The van der Waals surface area contributed by atoms with Gasteiger partial charge in [0.1, 0.15) is 0 Å². The van der Waals surface area contributed by atoms with Crippen LogP contribution >= 0.6 is 0 Å². The molecule has 0 radical (unpaired) electrons. The number of aromatic nitrogens is 1. The van der Waals surface area contributed by atoms with Gasteiger partial charge in [-0.3, -0.25) is 4.98 Å². The number of nitrogens with one attached hydrogen (secondary N) is 1. The van der Waals surface area contributed by atoms with Crippen molar-refractivity contribution in [3.8, 4) is 0 Å². The van der Waals surface area contributed by atoms with Crippen molar-refractivity contribution < 1.29 is 0 Å². The second kappa shape index (κ2) is 5.42. The zero-order chi connectivity index (χ0) is 14.2. The minimum absolute atomic E-state index is 0.944. The van der Waals surface area contributed by atoms with Gasteiger partial charge in [0, 0.05) is 17.6 Å². The molecule has 1 heterocycles. The van der Waals surface area contributed by atoms with Crippen LogP contribution in [0.3, 0.4) is 0 Å². The minimum Gasteiger partial charge on any atom is -0.312 e. The van der Waals surface area contributed by atoms with Gasteiger partial charge in [0.25, 0.3) is 0 Å². The first kappa shape index (κ1) is 13.3. The van der Waals surface area contributed by atoms with Crippen LogP contribution < -0.4 is 5.32 Å². The van der Waals surface area contributed by atoms with E-state index in [9.17, 15) is 0 Å². The largest absolute Gasteiger partial charge is 0.312 e. The van der Waals surface area contributed by atoms with E-state index in [-0.39, 0.29) is 0 Å². The Morgan fingerprint density at radius 3 is 2.57 bits per heavy atom. The fraction of sp³-hybridized carbons (Fsp3) is 0.526. The van der Waals surface area contributed by atoms with Gasteiger partial charge in [-0.25, -0.2) is 0 Å². The molecule has 2 saturated carbocycles. The molecule has 0 spiro atoms. The summed E-state index contributed by atoms with van der Waals surface area (Å²) in [5, 5.41) is 5.03.